The summed E-state index contributed by atoms with van der Waals surface area (Å²) in [6.07, 6.45) is -4.55. The van der Waals surface area contributed by atoms with Crippen LogP contribution in [-0.2, 0) is 6.18 Å². The number of alkyl halides is 3. The summed E-state index contributed by atoms with van der Waals surface area (Å²) < 4.78 is 52.0. The van der Waals surface area contributed by atoms with Gasteiger partial charge in [-0.1, -0.05) is 12.2 Å². The van der Waals surface area contributed by atoms with E-state index in [9.17, 15) is 17.6 Å². The minimum Gasteiger partial charge on any atom is -0.372 e. The zero-order valence-corrected chi connectivity index (χ0v) is 10.4. The molecule has 0 bridgehead atoms. The van der Waals surface area contributed by atoms with E-state index in [1.54, 1.807) is 13.8 Å². The number of anilines is 2. The lowest BCUT2D eigenvalue weighted by Crippen LogP contribution is -2.47. The monoisotopic (exact) mass is 278 g/mol. The molecule has 0 fully saturated rings. The van der Waals surface area contributed by atoms with Gasteiger partial charge in [0.15, 0.2) is 0 Å². The smallest absolute Gasteiger partial charge is 0.372 e. The summed E-state index contributed by atoms with van der Waals surface area (Å²) >= 11 is 4.99. The molecule has 1 aliphatic heterocycles. The second-order valence-electron chi connectivity index (χ2n) is 4.55. The lowest BCUT2D eigenvalue weighted by Gasteiger charge is -2.36. The first kappa shape index (κ1) is 13.1. The van der Waals surface area contributed by atoms with Crippen LogP contribution in [0.2, 0.25) is 0 Å². The van der Waals surface area contributed by atoms with Gasteiger partial charge in [0.2, 0.25) is 0 Å². The predicted molar refractivity (Wildman–Crippen MR) is 65.3 cm³/mol. The molecule has 0 atom stereocenters. The molecule has 0 saturated heterocycles. The van der Waals surface area contributed by atoms with Crippen molar-refractivity contribution < 1.29 is 17.6 Å². The van der Waals surface area contributed by atoms with Gasteiger partial charge >= 0.3 is 6.18 Å². The van der Waals surface area contributed by atoms with Gasteiger partial charge in [0, 0.05) is 0 Å². The molecule has 1 aromatic carbocycles. The summed E-state index contributed by atoms with van der Waals surface area (Å²) in [5, 5.41) is 5.16. The molecule has 7 heteroatoms. The maximum Gasteiger partial charge on any atom is 0.418 e. The van der Waals surface area contributed by atoms with E-state index in [2.05, 4.69) is 10.6 Å². The Kier molecular flexibility index (Phi) is 2.77. The molecule has 2 N–H and O–H groups in total. The first-order valence-corrected chi connectivity index (χ1v) is 5.53. The Bertz CT molecular complexity index is 523. The van der Waals surface area contributed by atoms with E-state index in [1.807, 2.05) is 0 Å². The van der Waals surface area contributed by atoms with Crippen LogP contribution in [0.1, 0.15) is 19.4 Å². The highest BCUT2D eigenvalue weighted by atomic mass is 32.1. The summed E-state index contributed by atoms with van der Waals surface area (Å²) in [7, 11) is 0. The Balaban J connectivity index is 2.65. The number of hydrogen-bond acceptors (Lipinski definition) is 2. The zero-order valence-electron chi connectivity index (χ0n) is 9.57. The zero-order chi connectivity index (χ0) is 13.7. The normalized spacial score (nSPS) is 17.8. The summed E-state index contributed by atoms with van der Waals surface area (Å²) in [4.78, 5) is 0.244. The van der Waals surface area contributed by atoms with Gasteiger partial charge in [-0.05, 0) is 26.0 Å². The van der Waals surface area contributed by atoms with Crippen molar-refractivity contribution in [1.82, 2.24) is 0 Å². The quantitative estimate of drug-likeness (QED) is 0.558. The molecular weight excluding hydrogens is 268 g/mol. The molecule has 0 saturated carbocycles. The van der Waals surface area contributed by atoms with E-state index >= 15 is 0 Å². The molecular formula is C11H10F4N2S. The van der Waals surface area contributed by atoms with Crippen LogP contribution in [0.4, 0.5) is 28.9 Å². The highest BCUT2D eigenvalue weighted by Crippen LogP contribution is 2.43. The lowest BCUT2D eigenvalue weighted by molar-refractivity contribution is -0.137. The SMILES string of the molecule is CC1(C)Nc2c(C(F)(F)F)ccc(F)c2NC1=S. The molecule has 98 valence electrons. The molecule has 1 aromatic rings. The Morgan fingerprint density at radius 3 is 2.33 bits per heavy atom. The fourth-order valence-corrected chi connectivity index (χ4v) is 1.86. The molecule has 18 heavy (non-hydrogen) atoms. The average Bonchev–Trinajstić information content (AvgIpc) is 2.19. The van der Waals surface area contributed by atoms with E-state index < -0.39 is 23.1 Å². The van der Waals surface area contributed by atoms with Gasteiger partial charge in [-0.25, -0.2) is 4.39 Å². The van der Waals surface area contributed by atoms with E-state index in [0.29, 0.717) is 6.07 Å². The summed E-state index contributed by atoms with van der Waals surface area (Å²) in [6.45, 7) is 3.24. The van der Waals surface area contributed by atoms with E-state index in [0.717, 1.165) is 6.07 Å². The van der Waals surface area contributed by atoms with Crippen molar-refractivity contribution in [3.63, 3.8) is 0 Å². The molecule has 1 heterocycles. The largest absolute Gasteiger partial charge is 0.418 e. The molecule has 0 radical (unpaired) electrons. The number of rotatable bonds is 0. The van der Waals surface area contributed by atoms with Gasteiger partial charge in [0.25, 0.3) is 0 Å². The van der Waals surface area contributed by atoms with E-state index in [1.165, 1.54) is 0 Å². The topological polar surface area (TPSA) is 24.1 Å². The molecule has 0 unspecified atom stereocenters. The van der Waals surface area contributed by atoms with Crippen LogP contribution in [0.3, 0.4) is 0 Å². The van der Waals surface area contributed by atoms with Crippen molar-refractivity contribution in [1.29, 1.82) is 0 Å². The van der Waals surface area contributed by atoms with E-state index in [-0.39, 0.29) is 16.4 Å². The van der Waals surface area contributed by atoms with Crippen LogP contribution in [0, 0.1) is 5.82 Å². The molecule has 0 amide bonds. The fraction of sp³-hybridized carbons (Fsp3) is 0.364. The molecule has 1 aliphatic rings. The van der Waals surface area contributed by atoms with Crippen molar-refractivity contribution in [3.05, 3.63) is 23.5 Å². The van der Waals surface area contributed by atoms with Gasteiger partial charge < -0.3 is 10.6 Å². The number of fused-ring (bicyclic) bond motifs is 1. The van der Waals surface area contributed by atoms with Crippen LogP contribution in [0.25, 0.3) is 0 Å². The Morgan fingerprint density at radius 2 is 1.78 bits per heavy atom. The Morgan fingerprint density at radius 1 is 1.17 bits per heavy atom. The van der Waals surface area contributed by atoms with Crippen molar-refractivity contribution >= 4 is 28.6 Å². The van der Waals surface area contributed by atoms with Crippen LogP contribution in [0.15, 0.2) is 12.1 Å². The number of benzene rings is 1. The molecule has 0 spiro atoms. The third-order valence-electron chi connectivity index (χ3n) is 2.70. The van der Waals surface area contributed by atoms with E-state index in [4.69, 9.17) is 12.2 Å². The number of thiocarbonyl (C=S) groups is 1. The maximum absolute atomic E-state index is 13.5. The highest BCUT2D eigenvalue weighted by Gasteiger charge is 2.40. The molecule has 0 aromatic heterocycles. The number of halogens is 4. The van der Waals surface area contributed by atoms with Gasteiger partial charge in [-0.3, -0.25) is 0 Å². The highest BCUT2D eigenvalue weighted by molar-refractivity contribution is 7.80. The minimum absolute atomic E-state index is 0.244. The standard InChI is InChI=1S/C11H10F4N2S/c1-10(2)9(18)16-8-6(12)4-3-5(7(8)17-10)11(13,14)15/h3-4,17H,1-2H3,(H,16,18). The summed E-state index contributed by atoms with van der Waals surface area (Å²) in [5.41, 5.74) is -2.34. The minimum atomic E-state index is -4.55. The number of nitrogens with one attached hydrogen (secondary N) is 2. The second kappa shape index (κ2) is 3.81. The Hall–Kier alpha value is -1.37. The molecule has 0 aliphatic carbocycles. The first-order valence-electron chi connectivity index (χ1n) is 5.12. The molecule has 2 rings (SSSR count). The molecule has 2 nitrogen and oxygen atoms in total. The van der Waals surface area contributed by atoms with Crippen LogP contribution < -0.4 is 10.6 Å². The lowest BCUT2D eigenvalue weighted by atomic mass is 9.98. The summed E-state index contributed by atoms with van der Waals surface area (Å²) in [5.74, 6) is -0.775. The van der Waals surface area contributed by atoms with Crippen LogP contribution >= 0.6 is 12.2 Å². The fourth-order valence-electron chi connectivity index (χ4n) is 1.70. The van der Waals surface area contributed by atoms with Crippen molar-refractivity contribution in [2.45, 2.75) is 25.6 Å². The third kappa shape index (κ3) is 2.03. The average molecular weight is 278 g/mol. The number of hydrogen-bond donors (Lipinski definition) is 2. The first-order chi connectivity index (χ1) is 8.13. The van der Waals surface area contributed by atoms with Gasteiger partial charge in [0.1, 0.15) is 10.8 Å². The Labute approximate surface area is 106 Å². The third-order valence-corrected chi connectivity index (χ3v) is 3.32. The van der Waals surface area contributed by atoms with Gasteiger partial charge in [-0.2, -0.15) is 13.2 Å². The predicted octanol–water partition coefficient (Wildman–Crippen LogP) is 3.79. The summed E-state index contributed by atoms with van der Waals surface area (Å²) in [6, 6.07) is 1.49. The van der Waals surface area contributed by atoms with Crippen molar-refractivity contribution in [3.8, 4) is 0 Å². The maximum atomic E-state index is 13.5. The van der Waals surface area contributed by atoms with Gasteiger partial charge in [-0.15, -0.1) is 0 Å². The van der Waals surface area contributed by atoms with Crippen LogP contribution in [-0.4, -0.2) is 10.5 Å². The van der Waals surface area contributed by atoms with Gasteiger partial charge in [0.05, 0.1) is 22.5 Å². The van der Waals surface area contributed by atoms with Crippen molar-refractivity contribution in [2.75, 3.05) is 10.6 Å². The second-order valence-corrected chi connectivity index (χ2v) is 4.96. The van der Waals surface area contributed by atoms with Crippen LogP contribution in [0.5, 0.6) is 0 Å². The van der Waals surface area contributed by atoms with Crippen molar-refractivity contribution in [2.24, 2.45) is 0 Å².